The van der Waals surface area contributed by atoms with E-state index in [-0.39, 0.29) is 18.9 Å². The first kappa shape index (κ1) is 18.0. The second-order valence-electron chi connectivity index (χ2n) is 5.24. The number of pyridine rings is 1. The highest BCUT2D eigenvalue weighted by atomic mass is 19.3. The van der Waals surface area contributed by atoms with Gasteiger partial charge in [0.15, 0.2) is 0 Å². The standard InChI is InChI=1S/C16H21F2N5O/c1-3-22(16(24)6-8-20-10-15(17)18)14-11-23(21-12(14)2)13-5-4-7-19-9-13/h4-5,7,9,11,15,20H,3,6,8,10H2,1-2H3. The van der Waals surface area contributed by atoms with Crippen LogP contribution in [0, 0.1) is 6.92 Å². The molecule has 2 heterocycles. The number of nitrogens with zero attached hydrogens (tertiary/aromatic N) is 4. The third-order valence-electron chi connectivity index (χ3n) is 3.51. The molecule has 1 N–H and O–H groups in total. The Morgan fingerprint density at radius 3 is 2.88 bits per heavy atom. The first-order valence-corrected chi connectivity index (χ1v) is 7.78. The summed E-state index contributed by atoms with van der Waals surface area (Å²) < 4.78 is 25.9. The Morgan fingerprint density at radius 2 is 2.25 bits per heavy atom. The third-order valence-corrected chi connectivity index (χ3v) is 3.51. The molecule has 0 bridgehead atoms. The zero-order chi connectivity index (χ0) is 17.5. The van der Waals surface area contributed by atoms with Crippen molar-refractivity contribution in [2.45, 2.75) is 26.7 Å². The maximum absolute atomic E-state index is 12.4. The lowest BCUT2D eigenvalue weighted by molar-refractivity contribution is -0.118. The molecule has 0 saturated carbocycles. The molecular weight excluding hydrogens is 316 g/mol. The molecule has 2 aromatic rings. The predicted molar refractivity (Wildman–Crippen MR) is 87.6 cm³/mol. The number of carbonyl (C=O) groups excluding carboxylic acids is 1. The quantitative estimate of drug-likeness (QED) is 0.750. The second-order valence-corrected chi connectivity index (χ2v) is 5.24. The van der Waals surface area contributed by atoms with Gasteiger partial charge in [-0.25, -0.2) is 13.5 Å². The van der Waals surface area contributed by atoms with Gasteiger partial charge in [0.25, 0.3) is 6.43 Å². The lowest BCUT2D eigenvalue weighted by atomic mass is 10.3. The summed E-state index contributed by atoms with van der Waals surface area (Å²) >= 11 is 0. The number of hydrogen-bond donors (Lipinski definition) is 1. The van der Waals surface area contributed by atoms with Crippen LogP contribution < -0.4 is 10.2 Å². The molecule has 6 nitrogen and oxygen atoms in total. The fraction of sp³-hybridized carbons (Fsp3) is 0.438. The maximum Gasteiger partial charge on any atom is 0.250 e. The predicted octanol–water partition coefficient (Wildman–Crippen LogP) is 2.17. The summed E-state index contributed by atoms with van der Waals surface area (Å²) in [5.74, 6) is -0.131. The SMILES string of the molecule is CCN(C(=O)CCNCC(F)F)c1cn(-c2cccnc2)nc1C. The van der Waals surface area contributed by atoms with Crippen LogP contribution in [0.15, 0.2) is 30.7 Å². The molecule has 0 aliphatic heterocycles. The summed E-state index contributed by atoms with van der Waals surface area (Å²) in [6.45, 7) is 3.98. The molecule has 0 fully saturated rings. The minimum Gasteiger partial charge on any atom is -0.311 e. The Bertz CT molecular complexity index is 660. The second kappa shape index (κ2) is 8.49. The minimum atomic E-state index is -2.41. The Kier molecular flexibility index (Phi) is 6.36. The smallest absolute Gasteiger partial charge is 0.250 e. The van der Waals surface area contributed by atoms with Crippen molar-refractivity contribution >= 4 is 11.6 Å². The number of anilines is 1. The highest BCUT2D eigenvalue weighted by Gasteiger charge is 2.19. The molecule has 0 aliphatic rings. The van der Waals surface area contributed by atoms with Crippen LogP contribution in [0.25, 0.3) is 5.69 Å². The fourth-order valence-electron chi connectivity index (χ4n) is 2.36. The van der Waals surface area contributed by atoms with E-state index < -0.39 is 13.0 Å². The lowest BCUT2D eigenvalue weighted by Gasteiger charge is -2.20. The molecule has 0 atom stereocenters. The summed E-state index contributed by atoms with van der Waals surface area (Å²) in [5, 5.41) is 6.98. The van der Waals surface area contributed by atoms with E-state index in [1.807, 2.05) is 26.0 Å². The normalized spacial score (nSPS) is 11.0. The van der Waals surface area contributed by atoms with Crippen LogP contribution in [0.5, 0.6) is 0 Å². The molecule has 2 aromatic heterocycles. The highest BCUT2D eigenvalue weighted by molar-refractivity contribution is 5.93. The Labute approximate surface area is 139 Å². The van der Waals surface area contributed by atoms with Gasteiger partial charge in [0.05, 0.1) is 36.0 Å². The molecule has 0 aliphatic carbocycles. The molecule has 0 spiro atoms. The number of aryl methyl sites for hydroxylation is 1. The van der Waals surface area contributed by atoms with Gasteiger partial charge >= 0.3 is 0 Å². The van der Waals surface area contributed by atoms with Gasteiger partial charge < -0.3 is 10.2 Å². The van der Waals surface area contributed by atoms with Crippen molar-refractivity contribution < 1.29 is 13.6 Å². The molecule has 0 aromatic carbocycles. The topological polar surface area (TPSA) is 63.1 Å². The zero-order valence-corrected chi connectivity index (χ0v) is 13.7. The molecule has 1 amide bonds. The Balaban J connectivity index is 2.07. The van der Waals surface area contributed by atoms with E-state index in [0.29, 0.717) is 12.2 Å². The van der Waals surface area contributed by atoms with Crippen LogP contribution in [0.4, 0.5) is 14.5 Å². The minimum absolute atomic E-state index is 0.131. The number of alkyl halides is 2. The van der Waals surface area contributed by atoms with Gasteiger partial charge in [-0.2, -0.15) is 5.10 Å². The summed E-state index contributed by atoms with van der Waals surface area (Å²) in [6.07, 6.45) is 2.87. The van der Waals surface area contributed by atoms with Crippen LogP contribution >= 0.6 is 0 Å². The van der Waals surface area contributed by atoms with Crippen LogP contribution in [-0.2, 0) is 4.79 Å². The first-order valence-electron chi connectivity index (χ1n) is 7.78. The van der Waals surface area contributed by atoms with Gasteiger partial charge in [-0.3, -0.25) is 9.78 Å². The molecule has 0 saturated heterocycles. The molecular formula is C16H21F2N5O. The molecule has 0 unspecified atom stereocenters. The van der Waals surface area contributed by atoms with Gasteiger partial charge in [-0.05, 0) is 26.0 Å². The van der Waals surface area contributed by atoms with E-state index in [9.17, 15) is 13.6 Å². The van der Waals surface area contributed by atoms with E-state index in [1.54, 1.807) is 28.2 Å². The Hall–Kier alpha value is -2.35. The van der Waals surface area contributed by atoms with Crippen molar-refractivity contribution in [3.63, 3.8) is 0 Å². The number of halogens is 2. The van der Waals surface area contributed by atoms with Crippen LogP contribution in [0.2, 0.25) is 0 Å². The van der Waals surface area contributed by atoms with E-state index >= 15 is 0 Å². The van der Waals surface area contributed by atoms with Gasteiger partial charge in [0.2, 0.25) is 5.91 Å². The van der Waals surface area contributed by atoms with Crippen LogP contribution in [0.1, 0.15) is 19.0 Å². The summed E-state index contributed by atoms with van der Waals surface area (Å²) in [4.78, 5) is 18.0. The largest absolute Gasteiger partial charge is 0.311 e. The summed E-state index contributed by atoms with van der Waals surface area (Å²) in [7, 11) is 0. The van der Waals surface area contributed by atoms with Gasteiger partial charge in [-0.1, -0.05) is 0 Å². The number of hydrogen-bond acceptors (Lipinski definition) is 4. The van der Waals surface area contributed by atoms with E-state index in [1.165, 1.54) is 0 Å². The molecule has 130 valence electrons. The molecule has 2 rings (SSSR count). The average Bonchev–Trinajstić information content (AvgIpc) is 2.95. The number of nitrogens with one attached hydrogen (secondary N) is 1. The van der Waals surface area contributed by atoms with Crippen molar-refractivity contribution in [1.82, 2.24) is 20.1 Å². The van der Waals surface area contributed by atoms with Crippen molar-refractivity contribution in [2.75, 3.05) is 24.5 Å². The van der Waals surface area contributed by atoms with Crippen molar-refractivity contribution in [3.8, 4) is 5.69 Å². The van der Waals surface area contributed by atoms with Gasteiger partial charge in [0.1, 0.15) is 0 Å². The molecule has 24 heavy (non-hydrogen) atoms. The van der Waals surface area contributed by atoms with E-state index in [2.05, 4.69) is 15.4 Å². The number of rotatable bonds is 8. The maximum atomic E-state index is 12.4. The average molecular weight is 337 g/mol. The van der Waals surface area contributed by atoms with Crippen molar-refractivity contribution in [2.24, 2.45) is 0 Å². The van der Waals surface area contributed by atoms with Gasteiger partial charge in [0, 0.05) is 25.7 Å². The summed E-state index contributed by atoms with van der Waals surface area (Å²) in [6, 6.07) is 3.68. The van der Waals surface area contributed by atoms with Crippen LogP contribution in [-0.4, -0.2) is 46.7 Å². The van der Waals surface area contributed by atoms with Crippen molar-refractivity contribution in [3.05, 3.63) is 36.4 Å². The number of carbonyl (C=O) groups is 1. The van der Waals surface area contributed by atoms with Crippen LogP contribution in [0.3, 0.4) is 0 Å². The van der Waals surface area contributed by atoms with E-state index in [0.717, 1.165) is 11.4 Å². The number of amides is 1. The zero-order valence-electron chi connectivity index (χ0n) is 13.7. The molecule has 8 heteroatoms. The molecule has 0 radical (unpaired) electrons. The fourth-order valence-corrected chi connectivity index (χ4v) is 2.36. The van der Waals surface area contributed by atoms with E-state index in [4.69, 9.17) is 0 Å². The first-order chi connectivity index (χ1) is 11.5. The highest BCUT2D eigenvalue weighted by Crippen LogP contribution is 2.21. The lowest BCUT2D eigenvalue weighted by Crippen LogP contribution is -2.34. The third kappa shape index (κ3) is 4.58. The summed E-state index contributed by atoms with van der Waals surface area (Å²) in [5.41, 5.74) is 2.23. The van der Waals surface area contributed by atoms with Gasteiger partial charge in [-0.15, -0.1) is 0 Å². The number of aromatic nitrogens is 3. The monoisotopic (exact) mass is 337 g/mol. The van der Waals surface area contributed by atoms with Crippen molar-refractivity contribution in [1.29, 1.82) is 0 Å². The Morgan fingerprint density at radius 1 is 1.46 bits per heavy atom.